The zero-order chi connectivity index (χ0) is 11.6. The molecule has 0 aliphatic rings. The average molecular weight is 440 g/mol. The molecular weight excluding hydrogens is 434 g/mol. The second kappa shape index (κ2) is 5.23. The van der Waals surface area contributed by atoms with E-state index in [9.17, 15) is 20.4 Å². The topological polar surface area (TPSA) is 99.4 Å². The molecule has 0 aliphatic heterocycles. The van der Waals surface area contributed by atoms with Crippen LogP contribution in [0.5, 0.6) is 23.0 Å². The summed E-state index contributed by atoms with van der Waals surface area (Å²) >= 11 is 2.87. The number of phenolic OH excluding ortho intramolecular Hbond substituents is 3. The first-order valence-electron chi connectivity index (χ1n) is 3.54. The molecule has 0 aliphatic carbocycles. The molecule has 1 aromatic carbocycles. The first-order valence-corrected chi connectivity index (χ1v) is 5.31. The summed E-state index contributed by atoms with van der Waals surface area (Å²) in [5.41, 5.74) is -0.240. The maximum absolute atomic E-state index is 9.45. The van der Waals surface area contributed by atoms with Gasteiger partial charge in [-0.2, -0.15) is 0 Å². The molecule has 0 spiro atoms. The van der Waals surface area contributed by atoms with Gasteiger partial charge in [-0.15, -0.1) is 0 Å². The second-order valence-corrected chi connectivity index (χ2v) is 3.47. The summed E-state index contributed by atoms with van der Waals surface area (Å²) in [5, 5.41) is 37.4. The molecule has 4 N–H and O–H groups in total. The van der Waals surface area contributed by atoms with Crippen molar-refractivity contribution in [3.63, 3.8) is 0 Å². The molecule has 0 aromatic heterocycles. The largest absolute Gasteiger partial charge is 0.504 e. The standard InChI is InChI=1S/C7H6I2O6/c8-14-6-3(11)1-2(10)5(12)4(6)7(13)15-9/h1,7,10-13H. The molecular formula is C7H6I2O6. The van der Waals surface area contributed by atoms with Crippen LogP contribution in [-0.4, -0.2) is 20.4 Å². The number of hydrogen-bond acceptors (Lipinski definition) is 6. The molecule has 8 heteroatoms. The van der Waals surface area contributed by atoms with E-state index in [-0.39, 0.29) is 11.3 Å². The van der Waals surface area contributed by atoms with Crippen molar-refractivity contribution in [1.82, 2.24) is 0 Å². The minimum absolute atomic E-state index is 0.171. The fourth-order valence-electron chi connectivity index (χ4n) is 1.00. The van der Waals surface area contributed by atoms with E-state index in [1.165, 1.54) is 46.0 Å². The van der Waals surface area contributed by atoms with E-state index in [1.54, 1.807) is 0 Å². The minimum atomic E-state index is -1.52. The summed E-state index contributed by atoms with van der Waals surface area (Å²) in [6.45, 7) is 0. The minimum Gasteiger partial charge on any atom is -0.504 e. The third-order valence-corrected chi connectivity index (χ3v) is 2.58. The highest BCUT2D eigenvalue weighted by atomic mass is 127. The van der Waals surface area contributed by atoms with Crippen molar-refractivity contribution in [1.29, 1.82) is 0 Å². The Morgan fingerprint density at radius 3 is 2.20 bits per heavy atom. The Balaban J connectivity index is 3.43. The van der Waals surface area contributed by atoms with Gasteiger partial charge in [-0.05, 0) is 0 Å². The Labute approximate surface area is 113 Å². The fourth-order valence-corrected chi connectivity index (χ4v) is 1.72. The Bertz CT molecular complexity index is 369. The molecule has 6 nitrogen and oxygen atoms in total. The predicted octanol–water partition coefficient (Wildman–Crippen LogP) is 1.89. The Morgan fingerprint density at radius 1 is 1.13 bits per heavy atom. The molecule has 1 rings (SSSR count). The van der Waals surface area contributed by atoms with Crippen LogP contribution in [0.1, 0.15) is 11.9 Å². The van der Waals surface area contributed by atoms with Crippen molar-refractivity contribution in [2.45, 2.75) is 6.29 Å². The van der Waals surface area contributed by atoms with E-state index in [0.717, 1.165) is 6.07 Å². The molecule has 0 saturated heterocycles. The van der Waals surface area contributed by atoms with E-state index in [2.05, 4.69) is 3.07 Å². The zero-order valence-corrected chi connectivity index (χ0v) is 11.3. The number of rotatable bonds is 3. The highest BCUT2D eigenvalue weighted by molar-refractivity contribution is 14.1. The van der Waals surface area contributed by atoms with Gasteiger partial charge in [0.1, 0.15) is 28.6 Å². The van der Waals surface area contributed by atoms with Crippen LogP contribution >= 0.6 is 46.0 Å². The SMILES string of the molecule is Oc1cc(O)c(OI)c(C(O)OI)c1O. The zero-order valence-electron chi connectivity index (χ0n) is 7.02. The van der Waals surface area contributed by atoms with Crippen molar-refractivity contribution in [2.75, 3.05) is 0 Å². The van der Waals surface area contributed by atoms with Gasteiger partial charge >= 0.3 is 0 Å². The summed E-state index contributed by atoms with van der Waals surface area (Å²) in [4.78, 5) is 0. The molecule has 1 atom stereocenters. The van der Waals surface area contributed by atoms with Crippen LogP contribution < -0.4 is 3.07 Å². The molecule has 0 fully saturated rings. The summed E-state index contributed by atoms with van der Waals surface area (Å²) < 4.78 is 9.27. The van der Waals surface area contributed by atoms with Crippen LogP contribution in [0.3, 0.4) is 0 Å². The molecule has 0 saturated carbocycles. The lowest BCUT2D eigenvalue weighted by Gasteiger charge is -2.14. The van der Waals surface area contributed by atoms with Gasteiger partial charge < -0.3 is 23.5 Å². The summed E-state index contributed by atoms with van der Waals surface area (Å²) in [6.07, 6.45) is -1.52. The van der Waals surface area contributed by atoms with Gasteiger partial charge in [0.2, 0.25) is 0 Å². The van der Waals surface area contributed by atoms with Crippen LogP contribution in [-0.2, 0) is 3.07 Å². The van der Waals surface area contributed by atoms with E-state index >= 15 is 0 Å². The number of phenols is 3. The Kier molecular flexibility index (Phi) is 4.48. The molecule has 0 amide bonds. The molecule has 1 unspecified atom stereocenters. The van der Waals surface area contributed by atoms with Gasteiger partial charge in [0.25, 0.3) is 0 Å². The van der Waals surface area contributed by atoms with E-state index in [1.807, 2.05) is 0 Å². The normalized spacial score (nSPS) is 12.5. The predicted molar refractivity (Wildman–Crippen MR) is 66.1 cm³/mol. The maximum atomic E-state index is 9.45. The number of halogens is 2. The number of benzene rings is 1. The van der Waals surface area contributed by atoms with Gasteiger partial charge in [0.15, 0.2) is 52.3 Å². The van der Waals surface area contributed by atoms with Crippen LogP contribution in [0.25, 0.3) is 0 Å². The number of hydrogen-bond donors (Lipinski definition) is 4. The van der Waals surface area contributed by atoms with Crippen LogP contribution in [0, 0.1) is 0 Å². The molecule has 0 heterocycles. The smallest absolute Gasteiger partial charge is 0.200 e. The summed E-state index contributed by atoms with van der Waals surface area (Å²) in [7, 11) is 0. The summed E-state index contributed by atoms with van der Waals surface area (Å²) in [5.74, 6) is -1.77. The number of aromatic hydroxyl groups is 3. The van der Waals surface area contributed by atoms with E-state index in [0.29, 0.717) is 0 Å². The van der Waals surface area contributed by atoms with Gasteiger partial charge in [0.05, 0.1) is 0 Å². The van der Waals surface area contributed by atoms with Gasteiger partial charge in [-0.25, -0.2) is 0 Å². The quantitative estimate of drug-likeness (QED) is 0.248. The molecule has 0 radical (unpaired) electrons. The Morgan fingerprint density at radius 2 is 1.73 bits per heavy atom. The maximum Gasteiger partial charge on any atom is 0.200 e. The average Bonchev–Trinajstić information content (AvgIpc) is 2.21. The lowest BCUT2D eigenvalue weighted by atomic mass is 10.1. The van der Waals surface area contributed by atoms with Gasteiger partial charge in [0, 0.05) is 6.07 Å². The van der Waals surface area contributed by atoms with Crippen LogP contribution in [0.4, 0.5) is 0 Å². The van der Waals surface area contributed by atoms with Crippen molar-refractivity contribution in [3.8, 4) is 23.0 Å². The lowest BCUT2D eigenvalue weighted by Crippen LogP contribution is -1.99. The van der Waals surface area contributed by atoms with E-state index in [4.69, 9.17) is 3.07 Å². The fraction of sp³-hybridized carbons (Fsp3) is 0.143. The molecule has 1 aromatic rings. The Hall–Kier alpha value is -0.200. The van der Waals surface area contributed by atoms with Gasteiger partial charge in [-0.3, -0.25) is 3.07 Å². The first kappa shape index (κ1) is 12.9. The summed E-state index contributed by atoms with van der Waals surface area (Å²) in [6, 6.07) is 0.896. The third kappa shape index (κ3) is 2.49. The number of aliphatic hydroxyl groups is 1. The molecule has 84 valence electrons. The van der Waals surface area contributed by atoms with E-state index < -0.39 is 23.5 Å². The van der Waals surface area contributed by atoms with Crippen LogP contribution in [0.15, 0.2) is 6.07 Å². The van der Waals surface area contributed by atoms with Gasteiger partial charge in [-0.1, -0.05) is 0 Å². The van der Waals surface area contributed by atoms with Crippen molar-refractivity contribution < 1.29 is 26.6 Å². The van der Waals surface area contributed by atoms with Crippen molar-refractivity contribution >= 4 is 46.0 Å². The molecule has 15 heavy (non-hydrogen) atoms. The van der Waals surface area contributed by atoms with Crippen molar-refractivity contribution in [2.24, 2.45) is 0 Å². The van der Waals surface area contributed by atoms with Crippen molar-refractivity contribution in [3.05, 3.63) is 11.6 Å². The monoisotopic (exact) mass is 440 g/mol. The highest BCUT2D eigenvalue weighted by Crippen LogP contribution is 2.47. The highest BCUT2D eigenvalue weighted by Gasteiger charge is 2.25. The lowest BCUT2D eigenvalue weighted by molar-refractivity contribution is 0.0134. The molecule has 0 bridgehead atoms. The van der Waals surface area contributed by atoms with Crippen LogP contribution in [0.2, 0.25) is 0 Å². The number of aliphatic hydroxyl groups excluding tert-OH is 1. The first-order chi connectivity index (χ1) is 7.02. The second-order valence-electron chi connectivity index (χ2n) is 2.52. The third-order valence-electron chi connectivity index (χ3n) is 1.66.